The average Bonchev–Trinajstić information content (AvgIpc) is 2.12. The fourth-order valence-electron chi connectivity index (χ4n) is 2.43. The number of aryl methyl sites for hydroxylation is 2. The molecule has 1 N–H and O–H groups in total. The van der Waals surface area contributed by atoms with Crippen molar-refractivity contribution in [3.8, 4) is 0 Å². The summed E-state index contributed by atoms with van der Waals surface area (Å²) in [5.41, 5.74) is 3.56. The molecule has 1 atom stereocenters. The van der Waals surface area contributed by atoms with Crippen LogP contribution in [0.4, 0.5) is 4.39 Å². The van der Waals surface area contributed by atoms with E-state index in [1.807, 2.05) is 20.9 Å². The van der Waals surface area contributed by atoms with Crippen LogP contribution in [-0.2, 0) is 0 Å². The molecule has 0 heterocycles. The Morgan fingerprint density at radius 3 is 2.00 bits per heavy atom. The molecular formula is C15H24FN. The van der Waals surface area contributed by atoms with Crippen LogP contribution in [0.25, 0.3) is 0 Å². The van der Waals surface area contributed by atoms with E-state index in [1.165, 1.54) is 5.56 Å². The minimum absolute atomic E-state index is 0.144. The Hall–Kier alpha value is -0.890. The Bertz CT molecular complexity index is 367. The van der Waals surface area contributed by atoms with Gasteiger partial charge in [0.25, 0.3) is 0 Å². The predicted octanol–water partition coefficient (Wildman–Crippen LogP) is 4.14. The van der Waals surface area contributed by atoms with Gasteiger partial charge in [-0.1, -0.05) is 20.8 Å². The molecule has 96 valence electrons. The topological polar surface area (TPSA) is 12.0 Å². The maximum absolute atomic E-state index is 13.3. The lowest BCUT2D eigenvalue weighted by Gasteiger charge is -2.28. The molecule has 1 rings (SSSR count). The molecule has 0 amide bonds. The molecule has 1 nitrogen and oxygen atoms in total. The molecule has 0 aliphatic heterocycles. The zero-order valence-corrected chi connectivity index (χ0v) is 11.8. The van der Waals surface area contributed by atoms with Gasteiger partial charge >= 0.3 is 0 Å². The highest BCUT2D eigenvalue weighted by Gasteiger charge is 2.21. The Labute approximate surface area is 104 Å². The fraction of sp³-hybridized carbons (Fsp3) is 0.600. The smallest absolute Gasteiger partial charge is 0.123 e. The van der Waals surface area contributed by atoms with Crippen LogP contribution in [0.1, 0.15) is 49.9 Å². The van der Waals surface area contributed by atoms with Gasteiger partial charge < -0.3 is 5.32 Å². The predicted molar refractivity (Wildman–Crippen MR) is 71.7 cm³/mol. The second kappa shape index (κ2) is 5.18. The molecule has 17 heavy (non-hydrogen) atoms. The molecule has 0 aromatic heterocycles. The van der Waals surface area contributed by atoms with Gasteiger partial charge in [-0.3, -0.25) is 0 Å². The first-order valence-corrected chi connectivity index (χ1v) is 6.18. The van der Waals surface area contributed by atoms with Gasteiger partial charge in [0.2, 0.25) is 0 Å². The van der Waals surface area contributed by atoms with Crippen molar-refractivity contribution in [2.24, 2.45) is 5.41 Å². The molecule has 1 aromatic rings. The summed E-state index contributed by atoms with van der Waals surface area (Å²) in [5.74, 6) is -0.144. The van der Waals surface area contributed by atoms with Crippen LogP contribution in [0.5, 0.6) is 0 Å². The minimum atomic E-state index is -0.144. The van der Waals surface area contributed by atoms with Gasteiger partial charge in [0.15, 0.2) is 0 Å². The van der Waals surface area contributed by atoms with Crippen molar-refractivity contribution < 1.29 is 4.39 Å². The van der Waals surface area contributed by atoms with Gasteiger partial charge in [0.1, 0.15) is 5.82 Å². The van der Waals surface area contributed by atoms with Crippen LogP contribution in [0, 0.1) is 25.1 Å². The van der Waals surface area contributed by atoms with Gasteiger partial charge in [-0.2, -0.15) is 0 Å². The van der Waals surface area contributed by atoms with E-state index >= 15 is 0 Å². The zero-order valence-electron chi connectivity index (χ0n) is 11.8. The monoisotopic (exact) mass is 237 g/mol. The first kappa shape index (κ1) is 14.2. The van der Waals surface area contributed by atoms with Gasteiger partial charge in [0, 0.05) is 6.04 Å². The van der Waals surface area contributed by atoms with E-state index in [0.717, 1.165) is 17.5 Å². The van der Waals surface area contributed by atoms with Gasteiger partial charge in [0.05, 0.1) is 0 Å². The Kier molecular flexibility index (Phi) is 4.31. The van der Waals surface area contributed by atoms with Gasteiger partial charge in [-0.15, -0.1) is 0 Å². The fourth-order valence-corrected chi connectivity index (χ4v) is 2.43. The highest BCUT2D eigenvalue weighted by Crippen LogP contribution is 2.32. The molecule has 1 aromatic carbocycles. The quantitative estimate of drug-likeness (QED) is 0.833. The summed E-state index contributed by atoms with van der Waals surface area (Å²) >= 11 is 0. The lowest BCUT2D eigenvalue weighted by molar-refractivity contribution is 0.319. The number of halogens is 1. The average molecular weight is 237 g/mol. The van der Waals surface area contributed by atoms with Crippen molar-refractivity contribution >= 4 is 0 Å². The van der Waals surface area contributed by atoms with E-state index < -0.39 is 0 Å². The van der Waals surface area contributed by atoms with Gasteiger partial charge in [-0.05, 0) is 61.6 Å². The molecular weight excluding hydrogens is 213 g/mol. The number of hydrogen-bond acceptors (Lipinski definition) is 1. The third kappa shape index (κ3) is 3.81. The summed E-state index contributed by atoms with van der Waals surface area (Å²) in [4.78, 5) is 0. The second-order valence-electron chi connectivity index (χ2n) is 6.06. The van der Waals surface area contributed by atoms with Crippen LogP contribution in [0.3, 0.4) is 0 Å². The Morgan fingerprint density at radius 1 is 1.18 bits per heavy atom. The van der Waals surface area contributed by atoms with Crippen LogP contribution in [0.2, 0.25) is 0 Å². The van der Waals surface area contributed by atoms with Gasteiger partial charge in [-0.25, -0.2) is 4.39 Å². The van der Waals surface area contributed by atoms with Crippen molar-refractivity contribution in [2.75, 3.05) is 7.05 Å². The normalized spacial score (nSPS) is 13.8. The van der Waals surface area contributed by atoms with Crippen molar-refractivity contribution in [3.05, 3.63) is 34.6 Å². The van der Waals surface area contributed by atoms with E-state index in [0.29, 0.717) is 0 Å². The Balaban J connectivity index is 3.12. The molecule has 1 unspecified atom stereocenters. The maximum atomic E-state index is 13.3. The first-order chi connectivity index (χ1) is 7.74. The van der Waals surface area contributed by atoms with Crippen molar-refractivity contribution in [1.29, 1.82) is 0 Å². The number of nitrogens with one attached hydrogen (secondary N) is 1. The molecule has 0 fully saturated rings. The lowest BCUT2D eigenvalue weighted by atomic mass is 9.83. The molecule has 0 spiro atoms. The van der Waals surface area contributed by atoms with Crippen molar-refractivity contribution in [3.63, 3.8) is 0 Å². The highest BCUT2D eigenvalue weighted by molar-refractivity contribution is 5.37. The van der Waals surface area contributed by atoms with E-state index in [4.69, 9.17) is 0 Å². The molecule has 0 saturated carbocycles. The Morgan fingerprint density at radius 2 is 1.65 bits per heavy atom. The molecule has 0 aliphatic carbocycles. The minimum Gasteiger partial charge on any atom is -0.313 e. The summed E-state index contributed by atoms with van der Waals surface area (Å²) in [7, 11) is 1.97. The SMILES string of the molecule is CNC(CC(C)(C)C)c1c(C)cc(F)cc1C. The van der Waals surface area contributed by atoms with Crippen molar-refractivity contribution in [1.82, 2.24) is 5.32 Å². The van der Waals surface area contributed by atoms with Crippen LogP contribution >= 0.6 is 0 Å². The highest BCUT2D eigenvalue weighted by atomic mass is 19.1. The summed E-state index contributed by atoms with van der Waals surface area (Å²) in [6.45, 7) is 10.7. The standard InChI is InChI=1S/C15H24FN/c1-10-7-12(16)8-11(2)14(10)13(17-6)9-15(3,4)5/h7-8,13,17H,9H2,1-6H3. The largest absolute Gasteiger partial charge is 0.313 e. The molecule has 0 bridgehead atoms. The summed E-state index contributed by atoms with van der Waals surface area (Å²) in [5, 5.41) is 3.35. The van der Waals surface area contributed by atoms with Crippen LogP contribution in [0.15, 0.2) is 12.1 Å². The summed E-state index contributed by atoms with van der Waals surface area (Å²) < 4.78 is 13.3. The van der Waals surface area contributed by atoms with Crippen LogP contribution < -0.4 is 5.32 Å². The summed E-state index contributed by atoms with van der Waals surface area (Å²) in [6.07, 6.45) is 1.04. The van der Waals surface area contributed by atoms with E-state index in [-0.39, 0.29) is 17.3 Å². The lowest BCUT2D eigenvalue weighted by Crippen LogP contribution is -2.24. The number of hydrogen-bond donors (Lipinski definition) is 1. The van der Waals surface area contributed by atoms with E-state index in [2.05, 4.69) is 26.1 Å². The van der Waals surface area contributed by atoms with E-state index in [1.54, 1.807) is 12.1 Å². The third-order valence-corrected chi connectivity index (χ3v) is 3.07. The first-order valence-electron chi connectivity index (χ1n) is 6.18. The van der Waals surface area contributed by atoms with Crippen LogP contribution in [-0.4, -0.2) is 7.05 Å². The maximum Gasteiger partial charge on any atom is 0.123 e. The second-order valence-corrected chi connectivity index (χ2v) is 6.06. The third-order valence-electron chi connectivity index (χ3n) is 3.07. The van der Waals surface area contributed by atoms with E-state index in [9.17, 15) is 4.39 Å². The number of rotatable bonds is 3. The zero-order chi connectivity index (χ0) is 13.2. The molecule has 0 radical (unpaired) electrons. The number of benzene rings is 1. The van der Waals surface area contributed by atoms with Crippen molar-refractivity contribution in [2.45, 2.75) is 47.1 Å². The summed E-state index contributed by atoms with van der Waals surface area (Å²) in [6, 6.07) is 3.53. The molecule has 2 heteroatoms. The molecule has 0 aliphatic rings. The molecule has 0 saturated heterocycles.